The topological polar surface area (TPSA) is 51.9 Å². The second kappa shape index (κ2) is 12.0. The van der Waals surface area contributed by atoms with E-state index in [4.69, 9.17) is 5.73 Å². The highest BCUT2D eigenvalue weighted by atomic mass is 32.1. The molecule has 0 unspecified atom stereocenters. The van der Waals surface area contributed by atoms with Crippen LogP contribution >= 0.6 is 11.3 Å². The van der Waals surface area contributed by atoms with Crippen LogP contribution in [0.15, 0.2) is 60.0 Å². The zero-order chi connectivity index (χ0) is 23.9. The van der Waals surface area contributed by atoms with Gasteiger partial charge in [0.2, 0.25) is 0 Å². The van der Waals surface area contributed by atoms with Crippen LogP contribution in [0.2, 0.25) is 0 Å². The standard InChI is InChI=1S/C28H38N6S/c29-28-30-27(23-35-28)25-9-7-24(8-10-25)11-14-33-17-15-31(16-18-33)12-4-13-32-19-21-34(22-20-32)26-5-2-1-3-6-26/h1-3,5-10,23H,4,11-22H2,(H2,29,30). The summed E-state index contributed by atoms with van der Waals surface area (Å²) in [5, 5.41) is 2.65. The first-order valence-corrected chi connectivity index (χ1v) is 13.9. The van der Waals surface area contributed by atoms with Gasteiger partial charge in [0.05, 0.1) is 5.69 Å². The molecule has 0 spiro atoms. The number of hydrogen-bond donors (Lipinski definition) is 1. The zero-order valence-electron chi connectivity index (χ0n) is 20.7. The van der Waals surface area contributed by atoms with E-state index in [9.17, 15) is 0 Å². The monoisotopic (exact) mass is 490 g/mol. The number of benzene rings is 2. The molecular formula is C28H38N6S. The maximum absolute atomic E-state index is 5.76. The molecule has 3 aromatic rings. The SMILES string of the molecule is Nc1nc(-c2ccc(CCN3CCN(CCCN4CCN(c5ccccc5)CC4)CC3)cc2)cs1. The first-order chi connectivity index (χ1) is 17.2. The minimum atomic E-state index is 0.630. The van der Waals surface area contributed by atoms with Crippen LogP contribution in [0, 0.1) is 0 Å². The molecule has 0 amide bonds. The van der Waals surface area contributed by atoms with Crippen molar-refractivity contribution in [1.82, 2.24) is 19.7 Å². The Morgan fingerprint density at radius 2 is 1.31 bits per heavy atom. The van der Waals surface area contributed by atoms with Crippen LogP contribution in [-0.4, -0.2) is 91.7 Å². The van der Waals surface area contributed by atoms with Crippen molar-refractivity contribution in [2.45, 2.75) is 12.8 Å². The maximum atomic E-state index is 5.76. The number of para-hydroxylation sites is 1. The van der Waals surface area contributed by atoms with E-state index in [0.29, 0.717) is 5.13 Å². The van der Waals surface area contributed by atoms with E-state index in [1.165, 1.54) is 81.4 Å². The predicted molar refractivity (Wildman–Crippen MR) is 148 cm³/mol. The van der Waals surface area contributed by atoms with Crippen LogP contribution in [0.25, 0.3) is 11.3 Å². The zero-order valence-corrected chi connectivity index (χ0v) is 21.5. The fourth-order valence-corrected chi connectivity index (χ4v) is 5.74. The molecule has 2 N–H and O–H groups in total. The lowest BCUT2D eigenvalue weighted by Gasteiger charge is -2.37. The number of aromatic nitrogens is 1. The smallest absolute Gasteiger partial charge is 0.180 e. The Bertz CT molecular complexity index is 1020. The fraction of sp³-hybridized carbons (Fsp3) is 0.464. The summed E-state index contributed by atoms with van der Waals surface area (Å²) in [7, 11) is 0. The summed E-state index contributed by atoms with van der Waals surface area (Å²) in [6, 6.07) is 19.6. The predicted octanol–water partition coefficient (Wildman–Crippen LogP) is 3.76. The van der Waals surface area contributed by atoms with Crippen molar-refractivity contribution in [1.29, 1.82) is 0 Å². The van der Waals surface area contributed by atoms with Crippen LogP contribution in [0.5, 0.6) is 0 Å². The van der Waals surface area contributed by atoms with Gasteiger partial charge in [0.25, 0.3) is 0 Å². The number of rotatable bonds is 9. The largest absolute Gasteiger partial charge is 0.375 e. The Morgan fingerprint density at radius 3 is 1.91 bits per heavy atom. The lowest BCUT2D eigenvalue weighted by molar-refractivity contribution is 0.127. The van der Waals surface area contributed by atoms with Crippen LogP contribution in [-0.2, 0) is 6.42 Å². The van der Waals surface area contributed by atoms with Gasteiger partial charge >= 0.3 is 0 Å². The third kappa shape index (κ3) is 6.82. The molecule has 2 aromatic carbocycles. The fourth-order valence-electron chi connectivity index (χ4n) is 5.17. The van der Waals surface area contributed by atoms with Crippen LogP contribution in [0.4, 0.5) is 10.8 Å². The lowest BCUT2D eigenvalue weighted by Crippen LogP contribution is -2.49. The van der Waals surface area contributed by atoms with E-state index < -0.39 is 0 Å². The van der Waals surface area contributed by atoms with Crippen molar-refractivity contribution in [3.05, 3.63) is 65.5 Å². The van der Waals surface area contributed by atoms with Gasteiger partial charge in [-0.25, -0.2) is 4.98 Å². The maximum Gasteiger partial charge on any atom is 0.180 e. The number of piperazine rings is 2. The van der Waals surface area contributed by atoms with Gasteiger partial charge in [-0.05, 0) is 43.6 Å². The van der Waals surface area contributed by atoms with E-state index in [-0.39, 0.29) is 0 Å². The molecule has 0 aliphatic carbocycles. The van der Waals surface area contributed by atoms with E-state index in [0.717, 1.165) is 37.3 Å². The van der Waals surface area contributed by atoms with E-state index in [1.54, 1.807) is 0 Å². The molecular weight excluding hydrogens is 452 g/mol. The second-order valence-electron chi connectivity index (χ2n) is 9.72. The molecule has 0 atom stereocenters. The molecule has 2 aliphatic heterocycles. The van der Waals surface area contributed by atoms with Crippen molar-refractivity contribution < 1.29 is 0 Å². The Hall–Kier alpha value is -2.45. The van der Waals surface area contributed by atoms with Gasteiger partial charge in [0.15, 0.2) is 5.13 Å². The number of nitrogens with two attached hydrogens (primary N) is 1. The highest BCUT2D eigenvalue weighted by Gasteiger charge is 2.19. The van der Waals surface area contributed by atoms with Gasteiger partial charge in [-0.3, -0.25) is 4.90 Å². The summed E-state index contributed by atoms with van der Waals surface area (Å²) in [5.74, 6) is 0. The van der Waals surface area contributed by atoms with Gasteiger partial charge in [0, 0.05) is 75.5 Å². The molecule has 35 heavy (non-hydrogen) atoms. The average Bonchev–Trinajstić information content (AvgIpc) is 3.36. The number of hydrogen-bond acceptors (Lipinski definition) is 7. The number of thiazole rings is 1. The summed E-state index contributed by atoms with van der Waals surface area (Å²) < 4.78 is 0. The number of anilines is 2. The number of nitrogen functional groups attached to an aromatic ring is 1. The molecule has 2 saturated heterocycles. The third-order valence-corrected chi connectivity index (χ3v) is 8.07. The van der Waals surface area contributed by atoms with Crippen LogP contribution in [0.1, 0.15) is 12.0 Å². The van der Waals surface area contributed by atoms with Crippen molar-refractivity contribution >= 4 is 22.2 Å². The molecule has 0 bridgehead atoms. The molecule has 0 radical (unpaired) electrons. The van der Waals surface area contributed by atoms with E-state index in [2.05, 4.69) is 79.2 Å². The minimum absolute atomic E-state index is 0.630. The van der Waals surface area contributed by atoms with Gasteiger partial charge in [-0.2, -0.15) is 0 Å². The van der Waals surface area contributed by atoms with Gasteiger partial charge < -0.3 is 20.4 Å². The normalized spacial score (nSPS) is 18.2. The van der Waals surface area contributed by atoms with E-state index in [1.807, 2.05) is 5.38 Å². The minimum Gasteiger partial charge on any atom is -0.375 e. The Kier molecular flexibility index (Phi) is 8.31. The first-order valence-electron chi connectivity index (χ1n) is 13.0. The Balaban J connectivity index is 0.951. The molecule has 5 rings (SSSR count). The van der Waals surface area contributed by atoms with Crippen molar-refractivity contribution in [3.8, 4) is 11.3 Å². The second-order valence-corrected chi connectivity index (χ2v) is 10.6. The van der Waals surface area contributed by atoms with Crippen molar-refractivity contribution in [2.24, 2.45) is 0 Å². The summed E-state index contributed by atoms with van der Waals surface area (Å²) in [6.45, 7) is 13.0. The quantitative estimate of drug-likeness (QED) is 0.493. The van der Waals surface area contributed by atoms with Crippen LogP contribution < -0.4 is 10.6 Å². The summed E-state index contributed by atoms with van der Waals surface area (Å²) in [6.07, 6.45) is 2.39. The number of nitrogens with zero attached hydrogens (tertiary/aromatic N) is 5. The van der Waals surface area contributed by atoms with E-state index >= 15 is 0 Å². The van der Waals surface area contributed by atoms with Gasteiger partial charge in [-0.15, -0.1) is 11.3 Å². The highest BCUT2D eigenvalue weighted by Crippen LogP contribution is 2.23. The summed E-state index contributed by atoms with van der Waals surface area (Å²) in [4.78, 5) is 14.8. The molecule has 1 aromatic heterocycles. The molecule has 7 heteroatoms. The Morgan fingerprint density at radius 1 is 0.714 bits per heavy atom. The van der Waals surface area contributed by atoms with Gasteiger partial charge in [-0.1, -0.05) is 42.5 Å². The molecule has 6 nitrogen and oxygen atoms in total. The van der Waals surface area contributed by atoms with Crippen molar-refractivity contribution in [2.75, 3.05) is 82.6 Å². The van der Waals surface area contributed by atoms with Crippen LogP contribution in [0.3, 0.4) is 0 Å². The molecule has 186 valence electrons. The molecule has 2 fully saturated rings. The summed E-state index contributed by atoms with van der Waals surface area (Å²) in [5.41, 5.74) is 10.6. The van der Waals surface area contributed by atoms with Gasteiger partial charge in [0.1, 0.15) is 0 Å². The molecule has 2 aliphatic rings. The molecule has 3 heterocycles. The van der Waals surface area contributed by atoms with Crippen molar-refractivity contribution in [3.63, 3.8) is 0 Å². The highest BCUT2D eigenvalue weighted by molar-refractivity contribution is 7.13. The average molecular weight is 491 g/mol. The first kappa shape index (κ1) is 24.3. The lowest BCUT2D eigenvalue weighted by atomic mass is 10.1. The third-order valence-electron chi connectivity index (χ3n) is 7.40. The Labute approximate surface area is 214 Å². The molecule has 0 saturated carbocycles. The summed E-state index contributed by atoms with van der Waals surface area (Å²) >= 11 is 1.50.